The third-order valence-electron chi connectivity index (χ3n) is 3.55. The fraction of sp³-hybridized carbons (Fsp3) is 0.500. The standard InChI is InChI=1S/C14H17F3N2O3/c1-21-8-14(4-5-18-7-14)12(20)19-9-2-3-11(10(15)6-9)22-13(16)17/h2-3,6,13,18H,4-5,7-8H2,1H3,(H,19,20). The van der Waals surface area contributed by atoms with Crippen LogP contribution in [0, 0.1) is 11.2 Å². The molecule has 1 unspecified atom stereocenters. The van der Waals surface area contributed by atoms with E-state index in [1.165, 1.54) is 13.2 Å². The van der Waals surface area contributed by atoms with Gasteiger partial charge in [0.1, 0.15) is 0 Å². The number of anilines is 1. The lowest BCUT2D eigenvalue weighted by atomic mass is 9.87. The Bertz CT molecular complexity index is 534. The number of ether oxygens (including phenoxy) is 2. The Morgan fingerprint density at radius 1 is 1.50 bits per heavy atom. The first-order valence-corrected chi connectivity index (χ1v) is 6.72. The van der Waals surface area contributed by atoms with Gasteiger partial charge in [-0.15, -0.1) is 0 Å². The van der Waals surface area contributed by atoms with Crippen LogP contribution in [-0.4, -0.2) is 39.3 Å². The molecule has 0 bridgehead atoms. The van der Waals surface area contributed by atoms with Crippen molar-refractivity contribution in [2.75, 3.05) is 32.1 Å². The molecule has 0 aromatic heterocycles. The molecule has 2 rings (SSSR count). The predicted octanol–water partition coefficient (Wildman–Crippen LogP) is 1.99. The van der Waals surface area contributed by atoms with Gasteiger partial charge in [-0.2, -0.15) is 8.78 Å². The monoisotopic (exact) mass is 318 g/mol. The van der Waals surface area contributed by atoms with E-state index < -0.39 is 23.6 Å². The number of carbonyl (C=O) groups is 1. The highest BCUT2D eigenvalue weighted by atomic mass is 19.3. The zero-order valence-corrected chi connectivity index (χ0v) is 12.0. The van der Waals surface area contributed by atoms with Crippen molar-refractivity contribution in [1.29, 1.82) is 0 Å². The zero-order chi connectivity index (χ0) is 16.2. The molecule has 2 N–H and O–H groups in total. The van der Waals surface area contributed by atoms with Crippen LogP contribution < -0.4 is 15.4 Å². The minimum Gasteiger partial charge on any atom is -0.432 e. The van der Waals surface area contributed by atoms with Crippen LogP contribution in [0.1, 0.15) is 6.42 Å². The van der Waals surface area contributed by atoms with E-state index in [1.54, 1.807) is 0 Å². The smallest absolute Gasteiger partial charge is 0.387 e. The number of halogens is 3. The second-order valence-electron chi connectivity index (χ2n) is 5.12. The normalized spacial score (nSPS) is 21.1. The maximum Gasteiger partial charge on any atom is 0.387 e. The number of methoxy groups -OCH3 is 1. The summed E-state index contributed by atoms with van der Waals surface area (Å²) in [6.07, 6.45) is 0.599. The van der Waals surface area contributed by atoms with Crippen molar-refractivity contribution < 1.29 is 27.4 Å². The number of hydrogen-bond donors (Lipinski definition) is 2. The van der Waals surface area contributed by atoms with Crippen molar-refractivity contribution in [2.24, 2.45) is 5.41 Å². The van der Waals surface area contributed by atoms with Gasteiger partial charge in [-0.1, -0.05) is 0 Å². The summed E-state index contributed by atoms with van der Waals surface area (Å²) in [7, 11) is 1.50. The molecule has 0 radical (unpaired) electrons. The van der Waals surface area contributed by atoms with Crippen LogP contribution in [0.2, 0.25) is 0 Å². The Balaban J connectivity index is 2.09. The molecule has 1 aliphatic heterocycles. The Morgan fingerprint density at radius 3 is 2.82 bits per heavy atom. The number of rotatable bonds is 6. The van der Waals surface area contributed by atoms with E-state index in [2.05, 4.69) is 15.4 Å². The van der Waals surface area contributed by atoms with Gasteiger partial charge >= 0.3 is 6.61 Å². The van der Waals surface area contributed by atoms with Crippen molar-refractivity contribution in [1.82, 2.24) is 5.32 Å². The molecule has 0 aliphatic carbocycles. The van der Waals surface area contributed by atoms with E-state index in [1.807, 2.05) is 0 Å². The minimum atomic E-state index is -3.11. The minimum absolute atomic E-state index is 0.173. The average Bonchev–Trinajstić information content (AvgIpc) is 2.92. The van der Waals surface area contributed by atoms with Crippen LogP contribution in [0.15, 0.2) is 18.2 Å². The highest BCUT2D eigenvalue weighted by Crippen LogP contribution is 2.29. The maximum atomic E-state index is 13.6. The number of carbonyl (C=O) groups excluding carboxylic acids is 1. The number of nitrogens with one attached hydrogen (secondary N) is 2. The van der Waals surface area contributed by atoms with Gasteiger partial charge in [-0.3, -0.25) is 4.79 Å². The van der Waals surface area contributed by atoms with Gasteiger partial charge < -0.3 is 20.1 Å². The van der Waals surface area contributed by atoms with E-state index >= 15 is 0 Å². The van der Waals surface area contributed by atoms with Crippen LogP contribution in [0.4, 0.5) is 18.9 Å². The fourth-order valence-corrected chi connectivity index (χ4v) is 2.44. The molecule has 22 heavy (non-hydrogen) atoms. The number of alkyl halides is 2. The molecule has 1 saturated heterocycles. The van der Waals surface area contributed by atoms with Gasteiger partial charge in [0, 0.05) is 25.4 Å². The van der Waals surface area contributed by atoms with Crippen molar-refractivity contribution in [3.63, 3.8) is 0 Å². The molecule has 0 spiro atoms. The molecule has 1 aromatic carbocycles. The molecule has 1 fully saturated rings. The van der Waals surface area contributed by atoms with Crippen LogP contribution in [0.3, 0.4) is 0 Å². The van der Waals surface area contributed by atoms with Crippen molar-refractivity contribution in [2.45, 2.75) is 13.0 Å². The lowest BCUT2D eigenvalue weighted by molar-refractivity contribution is -0.127. The van der Waals surface area contributed by atoms with Crippen LogP contribution >= 0.6 is 0 Å². The molecule has 5 nitrogen and oxygen atoms in total. The quantitative estimate of drug-likeness (QED) is 0.842. The summed E-state index contributed by atoms with van der Waals surface area (Å²) >= 11 is 0. The summed E-state index contributed by atoms with van der Waals surface area (Å²) in [5.74, 6) is -1.84. The van der Waals surface area contributed by atoms with Crippen molar-refractivity contribution >= 4 is 11.6 Å². The highest BCUT2D eigenvalue weighted by molar-refractivity contribution is 5.96. The first kappa shape index (κ1) is 16.6. The fourth-order valence-electron chi connectivity index (χ4n) is 2.44. The van der Waals surface area contributed by atoms with Gasteiger partial charge in [0.15, 0.2) is 11.6 Å². The zero-order valence-electron chi connectivity index (χ0n) is 12.0. The third kappa shape index (κ3) is 3.69. The van der Waals surface area contributed by atoms with E-state index in [0.717, 1.165) is 12.1 Å². The van der Waals surface area contributed by atoms with E-state index in [-0.39, 0.29) is 18.2 Å². The molecule has 8 heteroatoms. The molecular weight excluding hydrogens is 301 g/mol. The Hall–Kier alpha value is -1.80. The number of benzene rings is 1. The summed E-state index contributed by atoms with van der Waals surface area (Å²) in [6, 6.07) is 3.30. The molecule has 1 amide bonds. The summed E-state index contributed by atoms with van der Waals surface area (Å²) in [5.41, 5.74) is -0.546. The van der Waals surface area contributed by atoms with E-state index in [4.69, 9.17) is 4.74 Å². The first-order chi connectivity index (χ1) is 10.5. The van der Waals surface area contributed by atoms with Crippen molar-refractivity contribution in [3.05, 3.63) is 24.0 Å². The molecule has 0 saturated carbocycles. The van der Waals surface area contributed by atoms with Gasteiger partial charge in [0.25, 0.3) is 0 Å². The van der Waals surface area contributed by atoms with Gasteiger partial charge in [0.05, 0.1) is 12.0 Å². The van der Waals surface area contributed by atoms with Crippen LogP contribution in [-0.2, 0) is 9.53 Å². The van der Waals surface area contributed by atoms with Gasteiger partial charge in [-0.25, -0.2) is 4.39 Å². The topological polar surface area (TPSA) is 59.6 Å². The second-order valence-corrected chi connectivity index (χ2v) is 5.12. The summed E-state index contributed by atoms with van der Waals surface area (Å²) in [5, 5.41) is 5.68. The second kappa shape index (κ2) is 6.97. The third-order valence-corrected chi connectivity index (χ3v) is 3.55. The Morgan fingerprint density at radius 2 is 2.27 bits per heavy atom. The number of amides is 1. The van der Waals surface area contributed by atoms with Crippen molar-refractivity contribution in [3.8, 4) is 5.75 Å². The highest BCUT2D eigenvalue weighted by Gasteiger charge is 2.41. The summed E-state index contributed by atoms with van der Waals surface area (Å²) in [6.45, 7) is -1.72. The summed E-state index contributed by atoms with van der Waals surface area (Å²) in [4.78, 5) is 12.4. The van der Waals surface area contributed by atoms with Crippen LogP contribution in [0.25, 0.3) is 0 Å². The van der Waals surface area contributed by atoms with Crippen LogP contribution in [0.5, 0.6) is 5.75 Å². The number of hydrogen-bond acceptors (Lipinski definition) is 4. The largest absolute Gasteiger partial charge is 0.432 e. The molecule has 122 valence electrons. The lowest BCUT2D eigenvalue weighted by Gasteiger charge is -2.26. The van der Waals surface area contributed by atoms with E-state index in [0.29, 0.717) is 19.5 Å². The average molecular weight is 318 g/mol. The molecule has 1 aliphatic rings. The summed E-state index contributed by atoms with van der Waals surface area (Å²) < 4.78 is 46.9. The lowest BCUT2D eigenvalue weighted by Crippen LogP contribution is -2.41. The van der Waals surface area contributed by atoms with E-state index in [9.17, 15) is 18.0 Å². The Labute approximate surface area is 125 Å². The molecule has 1 aromatic rings. The maximum absolute atomic E-state index is 13.6. The van der Waals surface area contributed by atoms with Gasteiger partial charge in [-0.05, 0) is 25.1 Å². The molecular formula is C14H17F3N2O3. The van der Waals surface area contributed by atoms with Gasteiger partial charge in [0.2, 0.25) is 5.91 Å². The Kier molecular flexibility index (Phi) is 5.25. The SMILES string of the molecule is COCC1(C(=O)Nc2ccc(OC(F)F)c(F)c2)CCNC1. The molecule has 1 atom stereocenters. The first-order valence-electron chi connectivity index (χ1n) is 6.72. The molecule has 1 heterocycles. The predicted molar refractivity (Wildman–Crippen MR) is 73.5 cm³/mol.